The molecule has 284 valence electrons. The van der Waals surface area contributed by atoms with E-state index in [9.17, 15) is 35.9 Å². The number of ether oxygens (including phenoxy) is 5. The Bertz CT molecular complexity index is 1690. The Morgan fingerprint density at radius 2 is 1.63 bits per heavy atom. The van der Waals surface area contributed by atoms with Gasteiger partial charge in [0.2, 0.25) is 0 Å². The highest BCUT2D eigenvalue weighted by molar-refractivity contribution is 5.91. The van der Waals surface area contributed by atoms with E-state index in [0.29, 0.717) is 29.1 Å². The van der Waals surface area contributed by atoms with Crippen molar-refractivity contribution < 1.29 is 59.6 Å². The van der Waals surface area contributed by atoms with Crippen LogP contribution in [0.15, 0.2) is 42.6 Å². The van der Waals surface area contributed by atoms with Crippen molar-refractivity contribution in [3.05, 3.63) is 76.4 Å². The molecule has 0 unspecified atom stereocenters. The van der Waals surface area contributed by atoms with Gasteiger partial charge >= 0.3 is 24.4 Å². The fraction of sp³-hybridized carbons (Fsp3) is 0.486. The lowest BCUT2D eigenvalue weighted by atomic mass is 9.80. The fourth-order valence-corrected chi connectivity index (χ4v) is 5.81. The molecular formula is C35H40F6N4O7. The fourth-order valence-electron chi connectivity index (χ4n) is 5.81. The van der Waals surface area contributed by atoms with E-state index in [1.807, 2.05) is 0 Å². The normalized spacial score (nSPS) is 17.4. The second-order valence-corrected chi connectivity index (χ2v) is 11.9. The first kappa shape index (κ1) is 40.1. The van der Waals surface area contributed by atoms with Crippen LogP contribution in [-0.2, 0) is 37.8 Å². The number of carbonyl (C=O) groups is 2. The molecule has 1 aliphatic heterocycles. The van der Waals surface area contributed by atoms with Crippen molar-refractivity contribution in [1.82, 2.24) is 9.97 Å². The maximum absolute atomic E-state index is 13.8. The largest absolute Gasteiger partial charge is 0.490 e. The molecule has 17 heteroatoms. The number of benzene rings is 2. The number of hydrogen-bond acceptors (Lipinski definition) is 10. The smallest absolute Gasteiger partial charge is 0.416 e. The minimum Gasteiger partial charge on any atom is -0.490 e. The molecule has 0 bridgehead atoms. The van der Waals surface area contributed by atoms with E-state index in [4.69, 9.17) is 29.4 Å². The lowest BCUT2D eigenvalue weighted by Crippen LogP contribution is -2.61. The maximum atomic E-state index is 13.8. The Morgan fingerprint density at radius 3 is 2.23 bits per heavy atom. The molecule has 52 heavy (non-hydrogen) atoms. The summed E-state index contributed by atoms with van der Waals surface area (Å²) in [5.41, 5.74) is 3.07. The van der Waals surface area contributed by atoms with Crippen molar-refractivity contribution in [1.29, 1.82) is 0 Å². The number of methoxy groups -OCH3 is 1. The number of rotatable bonds is 14. The zero-order valence-corrected chi connectivity index (χ0v) is 29.0. The summed E-state index contributed by atoms with van der Waals surface area (Å²) < 4.78 is 109. The standard InChI is InChI=1S/C35H40F6N4O7/c1-5-33(42)18-26(25-17-24(52-20-48-4)10-11-28(25)45(33)32(47)50-7-3)31-43-19-29(51-12-8-9-30(46)49-6-2)27(44-31)15-21-13-22(34(36,37)38)16-23(14-21)35(39,40)41/h10-11,13-14,16-17,19,26H,5-9,12,15,18,20,42H2,1-4H3/t26-,33+/m0/s1. The number of hydrogen-bond donors (Lipinski definition) is 1. The van der Waals surface area contributed by atoms with E-state index in [2.05, 4.69) is 9.97 Å². The molecule has 0 saturated heterocycles. The number of alkyl halides is 6. The number of carbonyl (C=O) groups excluding carboxylic acids is 2. The summed E-state index contributed by atoms with van der Waals surface area (Å²) in [5.74, 6) is -0.769. The molecule has 0 spiro atoms. The SMILES string of the molecule is CCOC(=O)CCCOc1cnc([C@H]2C[C@@](N)(CC)N(C(=O)OCC)c3ccc(OCOC)cc32)nc1Cc1cc(C(F)(F)F)cc(C(F)(F)F)c1. The molecule has 0 aliphatic carbocycles. The third-order valence-electron chi connectivity index (χ3n) is 8.29. The zero-order chi connectivity index (χ0) is 38.3. The highest BCUT2D eigenvalue weighted by atomic mass is 19.4. The van der Waals surface area contributed by atoms with E-state index in [1.54, 1.807) is 39.0 Å². The van der Waals surface area contributed by atoms with Crippen LogP contribution in [0.1, 0.15) is 86.1 Å². The number of fused-ring (bicyclic) bond motifs is 1. The molecule has 2 aromatic carbocycles. The van der Waals surface area contributed by atoms with Crippen LogP contribution in [0.25, 0.3) is 0 Å². The van der Waals surface area contributed by atoms with Gasteiger partial charge in [-0.05, 0) is 80.6 Å². The molecule has 2 heterocycles. The monoisotopic (exact) mass is 742 g/mol. The number of nitrogens with zero attached hydrogens (tertiary/aromatic N) is 3. The maximum Gasteiger partial charge on any atom is 0.416 e. The molecule has 0 fully saturated rings. The third-order valence-corrected chi connectivity index (χ3v) is 8.29. The summed E-state index contributed by atoms with van der Waals surface area (Å²) >= 11 is 0. The first-order chi connectivity index (χ1) is 24.5. The molecule has 1 aromatic heterocycles. The Hall–Kier alpha value is -4.64. The molecule has 11 nitrogen and oxygen atoms in total. The van der Waals surface area contributed by atoms with Gasteiger partial charge in [-0.2, -0.15) is 26.3 Å². The number of esters is 1. The second-order valence-electron chi connectivity index (χ2n) is 11.9. The van der Waals surface area contributed by atoms with E-state index in [1.165, 1.54) is 18.2 Å². The predicted molar refractivity (Wildman–Crippen MR) is 175 cm³/mol. The minimum atomic E-state index is -5.07. The van der Waals surface area contributed by atoms with Gasteiger partial charge < -0.3 is 29.4 Å². The number of amides is 1. The number of halogens is 6. The first-order valence-corrected chi connectivity index (χ1v) is 16.5. The zero-order valence-electron chi connectivity index (χ0n) is 29.0. The van der Waals surface area contributed by atoms with Gasteiger partial charge in [0.25, 0.3) is 0 Å². The van der Waals surface area contributed by atoms with Crippen molar-refractivity contribution in [3.8, 4) is 11.5 Å². The van der Waals surface area contributed by atoms with Crippen molar-refractivity contribution >= 4 is 17.7 Å². The summed E-state index contributed by atoms with van der Waals surface area (Å²) in [7, 11) is 1.44. The van der Waals surface area contributed by atoms with Crippen molar-refractivity contribution in [2.45, 2.75) is 76.8 Å². The Labute approximate surface area is 296 Å². The first-order valence-electron chi connectivity index (χ1n) is 16.5. The highest BCUT2D eigenvalue weighted by Crippen LogP contribution is 2.47. The summed E-state index contributed by atoms with van der Waals surface area (Å²) in [6.07, 6.45) is -9.58. The Morgan fingerprint density at radius 1 is 0.962 bits per heavy atom. The van der Waals surface area contributed by atoms with Gasteiger partial charge in [-0.15, -0.1) is 0 Å². The molecule has 1 aliphatic rings. The van der Waals surface area contributed by atoms with Crippen LogP contribution >= 0.6 is 0 Å². The van der Waals surface area contributed by atoms with Crippen molar-refractivity contribution in [2.75, 3.05) is 38.6 Å². The van der Waals surface area contributed by atoms with Crippen LogP contribution in [0.3, 0.4) is 0 Å². The van der Waals surface area contributed by atoms with Crippen LogP contribution in [0.2, 0.25) is 0 Å². The average molecular weight is 743 g/mol. The molecule has 3 aromatic rings. The number of aromatic nitrogens is 2. The van der Waals surface area contributed by atoms with E-state index in [-0.39, 0.29) is 81.2 Å². The van der Waals surface area contributed by atoms with Crippen molar-refractivity contribution in [3.63, 3.8) is 0 Å². The average Bonchev–Trinajstić information content (AvgIpc) is 3.08. The molecule has 0 saturated carbocycles. The van der Waals surface area contributed by atoms with Gasteiger partial charge in [-0.3, -0.25) is 9.69 Å². The summed E-state index contributed by atoms with van der Waals surface area (Å²) in [4.78, 5) is 35.6. The molecular weight excluding hydrogens is 702 g/mol. The minimum absolute atomic E-state index is 0.00356. The van der Waals surface area contributed by atoms with Crippen LogP contribution < -0.4 is 20.1 Å². The molecule has 1 amide bonds. The second kappa shape index (κ2) is 16.8. The van der Waals surface area contributed by atoms with Gasteiger partial charge in [-0.1, -0.05) is 6.92 Å². The summed E-state index contributed by atoms with van der Waals surface area (Å²) in [5, 5.41) is 0. The van der Waals surface area contributed by atoms with Crippen LogP contribution in [-0.4, -0.2) is 61.4 Å². The van der Waals surface area contributed by atoms with E-state index < -0.39 is 53.5 Å². The van der Waals surface area contributed by atoms with Crippen LogP contribution in [0, 0.1) is 0 Å². The highest BCUT2D eigenvalue weighted by Gasteiger charge is 2.46. The Balaban J connectivity index is 1.85. The van der Waals surface area contributed by atoms with Gasteiger partial charge in [0.1, 0.15) is 17.2 Å². The molecule has 2 N–H and O–H groups in total. The lowest BCUT2D eigenvalue weighted by Gasteiger charge is -2.46. The van der Waals surface area contributed by atoms with Crippen LogP contribution in [0.4, 0.5) is 36.8 Å². The van der Waals surface area contributed by atoms with Gasteiger partial charge in [0, 0.05) is 25.9 Å². The van der Waals surface area contributed by atoms with Crippen LogP contribution in [0.5, 0.6) is 11.5 Å². The molecule has 4 rings (SSSR count). The van der Waals surface area contributed by atoms with Gasteiger partial charge in [0.05, 0.1) is 48.5 Å². The lowest BCUT2D eigenvalue weighted by molar-refractivity contribution is -0.144. The molecule has 2 atom stereocenters. The topological polar surface area (TPSA) is 135 Å². The van der Waals surface area contributed by atoms with Gasteiger partial charge in [-0.25, -0.2) is 14.8 Å². The summed E-state index contributed by atoms with van der Waals surface area (Å²) in [6, 6.07) is 6.15. The van der Waals surface area contributed by atoms with E-state index in [0.717, 1.165) is 0 Å². The third kappa shape index (κ3) is 9.61. The quantitative estimate of drug-likeness (QED) is 0.0772. The Kier molecular flexibility index (Phi) is 13.0. The predicted octanol–water partition coefficient (Wildman–Crippen LogP) is 7.37. The summed E-state index contributed by atoms with van der Waals surface area (Å²) in [6.45, 7) is 5.17. The number of anilines is 1. The molecule has 0 radical (unpaired) electrons. The van der Waals surface area contributed by atoms with E-state index >= 15 is 0 Å². The number of nitrogens with two attached hydrogens (primary N) is 1. The van der Waals surface area contributed by atoms with Gasteiger partial charge in [0.15, 0.2) is 12.5 Å². The van der Waals surface area contributed by atoms with Crippen molar-refractivity contribution in [2.24, 2.45) is 5.73 Å².